The summed E-state index contributed by atoms with van der Waals surface area (Å²) in [6.45, 7) is 0. The van der Waals surface area contributed by atoms with Crippen LogP contribution in [-0.2, 0) is 0 Å². The smallest absolute Gasteiger partial charge is 0.107 e. The van der Waals surface area contributed by atoms with Crippen LogP contribution in [0.2, 0.25) is 0 Å². The summed E-state index contributed by atoms with van der Waals surface area (Å²) in [5.41, 5.74) is 0. The molecule has 0 aliphatic rings. The van der Waals surface area contributed by atoms with Gasteiger partial charge in [0, 0.05) is 6.42 Å². The minimum atomic E-state index is -0.468. The third kappa shape index (κ3) is 3.95. The molecule has 0 saturated heterocycles. The molecule has 1 unspecified atom stereocenters. The molecular formula is C6H12N2O. The Kier molecular flexibility index (Phi) is 4.02. The van der Waals surface area contributed by atoms with Gasteiger partial charge in [0.25, 0.3) is 0 Å². The van der Waals surface area contributed by atoms with E-state index in [2.05, 4.69) is 0 Å². The second-order valence-corrected chi connectivity index (χ2v) is 2.14. The molecule has 0 amide bonds. The van der Waals surface area contributed by atoms with Crippen molar-refractivity contribution in [2.75, 3.05) is 14.1 Å². The second kappa shape index (κ2) is 4.30. The van der Waals surface area contributed by atoms with E-state index in [-0.39, 0.29) is 0 Å². The fourth-order valence-corrected chi connectivity index (χ4v) is 0.452. The predicted octanol–water partition coefficient (Wildman–Crippen LogP) is 0.170. The highest BCUT2D eigenvalue weighted by molar-refractivity contribution is 4.70. The fraction of sp³-hybridized carbons (Fsp3) is 0.833. The fourth-order valence-electron chi connectivity index (χ4n) is 0.452. The highest BCUT2D eigenvalue weighted by atomic mass is 16.3. The molecule has 0 aromatic heterocycles. The summed E-state index contributed by atoms with van der Waals surface area (Å²) < 4.78 is 0. The Labute approximate surface area is 55.5 Å². The number of aliphatic hydroxyl groups is 1. The summed E-state index contributed by atoms with van der Waals surface area (Å²) in [6.07, 6.45) is 0.479. The monoisotopic (exact) mass is 128 g/mol. The molecule has 52 valence electrons. The normalized spacial score (nSPS) is 13.2. The molecule has 0 aromatic carbocycles. The summed E-state index contributed by atoms with van der Waals surface area (Å²) in [5.74, 6) is 0. The molecule has 0 spiro atoms. The molecule has 0 aliphatic heterocycles. The van der Waals surface area contributed by atoms with Crippen molar-refractivity contribution in [3.05, 3.63) is 0 Å². The molecule has 9 heavy (non-hydrogen) atoms. The molecule has 0 radical (unpaired) electrons. The average Bonchev–Trinajstić information content (AvgIpc) is 1.82. The molecular weight excluding hydrogens is 116 g/mol. The van der Waals surface area contributed by atoms with Crippen molar-refractivity contribution in [3.8, 4) is 6.07 Å². The Morgan fingerprint density at radius 1 is 1.67 bits per heavy atom. The van der Waals surface area contributed by atoms with Gasteiger partial charge in [-0.1, -0.05) is 0 Å². The summed E-state index contributed by atoms with van der Waals surface area (Å²) in [6, 6.07) is 1.97. The molecule has 0 aromatic rings. The van der Waals surface area contributed by atoms with Crippen molar-refractivity contribution in [1.29, 1.82) is 5.26 Å². The lowest BCUT2D eigenvalue weighted by molar-refractivity contribution is 0.0347. The molecule has 1 atom stereocenters. The van der Waals surface area contributed by atoms with Crippen LogP contribution < -0.4 is 0 Å². The van der Waals surface area contributed by atoms with E-state index in [1.54, 1.807) is 19.0 Å². The first-order valence-corrected chi connectivity index (χ1v) is 2.90. The van der Waals surface area contributed by atoms with Gasteiger partial charge in [-0.25, -0.2) is 0 Å². The lowest BCUT2D eigenvalue weighted by Crippen LogP contribution is -2.26. The van der Waals surface area contributed by atoms with Crippen LogP contribution in [0.3, 0.4) is 0 Å². The van der Waals surface area contributed by atoms with Gasteiger partial charge in [-0.05, 0) is 20.5 Å². The highest BCUT2D eigenvalue weighted by Crippen LogP contribution is 1.96. The molecule has 1 N–H and O–H groups in total. The zero-order valence-corrected chi connectivity index (χ0v) is 5.83. The summed E-state index contributed by atoms with van der Waals surface area (Å²) >= 11 is 0. The zero-order chi connectivity index (χ0) is 7.28. The van der Waals surface area contributed by atoms with Crippen LogP contribution in [0.15, 0.2) is 0 Å². The number of hydrogen-bond donors (Lipinski definition) is 1. The van der Waals surface area contributed by atoms with Gasteiger partial charge in [-0.15, -0.1) is 0 Å². The lowest BCUT2D eigenvalue weighted by Gasteiger charge is -2.16. The molecule has 0 fully saturated rings. The van der Waals surface area contributed by atoms with Crippen LogP contribution in [0, 0.1) is 11.3 Å². The summed E-state index contributed by atoms with van der Waals surface area (Å²) in [7, 11) is 3.56. The van der Waals surface area contributed by atoms with Crippen LogP contribution in [0.5, 0.6) is 0 Å². The molecule has 0 saturated carbocycles. The Morgan fingerprint density at radius 2 is 2.22 bits per heavy atom. The van der Waals surface area contributed by atoms with Gasteiger partial charge in [0.05, 0.1) is 6.07 Å². The minimum absolute atomic E-state index is 0.416. The van der Waals surface area contributed by atoms with Crippen molar-refractivity contribution < 1.29 is 5.11 Å². The van der Waals surface area contributed by atoms with Crippen LogP contribution in [0.4, 0.5) is 0 Å². The molecule has 0 rings (SSSR count). The molecule has 3 nitrogen and oxygen atoms in total. The van der Waals surface area contributed by atoms with Crippen molar-refractivity contribution >= 4 is 0 Å². The Bertz CT molecular complexity index is 106. The number of hydrogen-bond acceptors (Lipinski definition) is 3. The zero-order valence-electron chi connectivity index (χ0n) is 5.83. The summed E-state index contributed by atoms with van der Waals surface area (Å²) in [4.78, 5) is 1.68. The first-order valence-electron chi connectivity index (χ1n) is 2.90. The Hall–Kier alpha value is -0.590. The maximum absolute atomic E-state index is 9.03. The van der Waals surface area contributed by atoms with Gasteiger partial charge >= 0.3 is 0 Å². The Balaban J connectivity index is 3.29. The van der Waals surface area contributed by atoms with Crippen LogP contribution in [-0.4, -0.2) is 30.3 Å². The van der Waals surface area contributed by atoms with Crippen LogP contribution in [0.1, 0.15) is 12.8 Å². The van der Waals surface area contributed by atoms with E-state index >= 15 is 0 Å². The minimum Gasteiger partial charge on any atom is -0.378 e. The van der Waals surface area contributed by atoms with E-state index < -0.39 is 6.23 Å². The predicted molar refractivity (Wildman–Crippen MR) is 34.5 cm³/mol. The molecule has 0 bridgehead atoms. The van der Waals surface area contributed by atoms with E-state index in [0.717, 1.165) is 0 Å². The molecule has 0 aliphatic carbocycles. The van der Waals surface area contributed by atoms with Crippen LogP contribution in [0.25, 0.3) is 0 Å². The van der Waals surface area contributed by atoms with E-state index in [9.17, 15) is 0 Å². The van der Waals surface area contributed by atoms with Gasteiger partial charge in [0.1, 0.15) is 6.23 Å². The van der Waals surface area contributed by atoms with E-state index in [1.807, 2.05) is 6.07 Å². The highest BCUT2D eigenvalue weighted by Gasteiger charge is 2.03. The van der Waals surface area contributed by atoms with Gasteiger partial charge in [-0.2, -0.15) is 5.26 Å². The lowest BCUT2D eigenvalue weighted by atomic mass is 10.3. The largest absolute Gasteiger partial charge is 0.378 e. The second-order valence-electron chi connectivity index (χ2n) is 2.14. The SMILES string of the molecule is CN(C)C(O)CCC#N. The first kappa shape index (κ1) is 8.41. The number of nitrogens with zero attached hydrogens (tertiary/aromatic N) is 2. The maximum atomic E-state index is 9.03. The van der Waals surface area contributed by atoms with Crippen LogP contribution >= 0.6 is 0 Å². The first-order chi connectivity index (χ1) is 4.18. The number of rotatable bonds is 3. The average molecular weight is 128 g/mol. The Morgan fingerprint density at radius 3 is 2.56 bits per heavy atom. The van der Waals surface area contributed by atoms with E-state index in [4.69, 9.17) is 10.4 Å². The third-order valence-corrected chi connectivity index (χ3v) is 1.11. The number of nitriles is 1. The maximum Gasteiger partial charge on any atom is 0.107 e. The third-order valence-electron chi connectivity index (χ3n) is 1.11. The van der Waals surface area contributed by atoms with E-state index in [1.165, 1.54) is 0 Å². The quantitative estimate of drug-likeness (QED) is 0.551. The molecule has 3 heteroatoms. The molecule has 0 heterocycles. The van der Waals surface area contributed by atoms with Gasteiger partial charge in [0.2, 0.25) is 0 Å². The van der Waals surface area contributed by atoms with Crippen molar-refractivity contribution in [2.45, 2.75) is 19.1 Å². The number of aliphatic hydroxyl groups excluding tert-OH is 1. The van der Waals surface area contributed by atoms with Gasteiger partial charge < -0.3 is 5.11 Å². The van der Waals surface area contributed by atoms with Crippen molar-refractivity contribution in [1.82, 2.24) is 4.90 Å². The summed E-state index contributed by atoms with van der Waals surface area (Å²) in [5, 5.41) is 17.1. The van der Waals surface area contributed by atoms with E-state index in [0.29, 0.717) is 12.8 Å². The van der Waals surface area contributed by atoms with Crippen molar-refractivity contribution in [2.24, 2.45) is 0 Å². The van der Waals surface area contributed by atoms with Gasteiger partial charge in [0.15, 0.2) is 0 Å². The standard InChI is InChI=1S/C6H12N2O/c1-8(2)6(9)4-3-5-7/h6,9H,3-4H2,1-2H3. The van der Waals surface area contributed by atoms with Crippen molar-refractivity contribution in [3.63, 3.8) is 0 Å². The van der Waals surface area contributed by atoms with Gasteiger partial charge in [-0.3, -0.25) is 4.90 Å². The topological polar surface area (TPSA) is 47.3 Å².